The van der Waals surface area contributed by atoms with E-state index in [9.17, 15) is 5.11 Å². The van der Waals surface area contributed by atoms with Gasteiger partial charge in [-0.15, -0.1) is 0 Å². The van der Waals surface area contributed by atoms with Crippen LogP contribution in [0.15, 0.2) is 0 Å². The Morgan fingerprint density at radius 3 is 2.56 bits per heavy atom. The van der Waals surface area contributed by atoms with E-state index in [0.717, 1.165) is 19.4 Å². The molecule has 0 radical (unpaired) electrons. The second kappa shape index (κ2) is 9.00. The summed E-state index contributed by atoms with van der Waals surface area (Å²) in [6.45, 7) is 3.34. The van der Waals surface area contributed by atoms with E-state index >= 15 is 0 Å². The van der Waals surface area contributed by atoms with Crippen LogP contribution >= 0.6 is 0 Å². The number of unbranched alkanes of at least 4 members (excludes halogenated alkanes) is 5. The molecule has 2 nitrogen and oxygen atoms in total. The maximum absolute atomic E-state index is 10.0. The molecule has 96 valence electrons. The van der Waals surface area contributed by atoms with Crippen molar-refractivity contribution < 1.29 is 5.11 Å². The Balaban J connectivity index is 1.94. The van der Waals surface area contributed by atoms with Crippen molar-refractivity contribution >= 4 is 0 Å². The Hall–Kier alpha value is -0.0800. The lowest BCUT2D eigenvalue weighted by molar-refractivity contribution is 0.102. The fourth-order valence-electron chi connectivity index (χ4n) is 2.54. The third kappa shape index (κ3) is 5.86. The first kappa shape index (κ1) is 14.0. The maximum atomic E-state index is 10.0. The molecule has 2 heteroatoms. The zero-order valence-electron chi connectivity index (χ0n) is 10.9. The lowest BCUT2D eigenvalue weighted by Gasteiger charge is -2.28. The molecule has 1 rings (SSSR count). The van der Waals surface area contributed by atoms with Gasteiger partial charge < -0.3 is 10.4 Å². The van der Waals surface area contributed by atoms with Crippen LogP contribution in [0, 0.1) is 0 Å². The van der Waals surface area contributed by atoms with Crippen LogP contribution in [0.2, 0.25) is 0 Å². The topological polar surface area (TPSA) is 32.3 Å². The average molecular weight is 227 g/mol. The summed E-state index contributed by atoms with van der Waals surface area (Å²) in [6, 6.07) is 0.379. The van der Waals surface area contributed by atoms with Crippen LogP contribution in [-0.2, 0) is 0 Å². The molecule has 2 N–H and O–H groups in total. The van der Waals surface area contributed by atoms with Gasteiger partial charge in [-0.1, -0.05) is 51.9 Å². The van der Waals surface area contributed by atoms with Crippen molar-refractivity contribution in [2.24, 2.45) is 0 Å². The SMILES string of the molecule is CCCCCCCCC(O)C1CCCCN1. The first-order valence-corrected chi connectivity index (χ1v) is 7.26. The zero-order chi connectivity index (χ0) is 11.6. The maximum Gasteiger partial charge on any atom is 0.0693 e. The summed E-state index contributed by atoms with van der Waals surface area (Å²) in [5.74, 6) is 0. The molecule has 1 saturated heterocycles. The molecular weight excluding hydrogens is 198 g/mol. The van der Waals surface area contributed by atoms with E-state index in [4.69, 9.17) is 0 Å². The molecule has 0 aromatic carbocycles. The van der Waals surface area contributed by atoms with Gasteiger partial charge in [-0.05, 0) is 25.8 Å². The molecule has 0 aromatic rings. The van der Waals surface area contributed by atoms with E-state index in [2.05, 4.69) is 12.2 Å². The quantitative estimate of drug-likeness (QED) is 0.624. The summed E-state index contributed by atoms with van der Waals surface area (Å²) < 4.78 is 0. The first-order valence-electron chi connectivity index (χ1n) is 7.26. The highest BCUT2D eigenvalue weighted by molar-refractivity contribution is 4.79. The summed E-state index contributed by atoms with van der Waals surface area (Å²) in [5, 5.41) is 13.4. The van der Waals surface area contributed by atoms with Gasteiger partial charge in [-0.2, -0.15) is 0 Å². The van der Waals surface area contributed by atoms with Gasteiger partial charge in [0.1, 0.15) is 0 Å². The Morgan fingerprint density at radius 1 is 1.12 bits per heavy atom. The molecule has 0 amide bonds. The van der Waals surface area contributed by atoms with Gasteiger partial charge in [0.2, 0.25) is 0 Å². The van der Waals surface area contributed by atoms with Gasteiger partial charge in [0.05, 0.1) is 6.10 Å². The molecular formula is C14H29NO. The number of aliphatic hydroxyl groups is 1. The average Bonchev–Trinajstić information content (AvgIpc) is 2.34. The third-order valence-corrected chi connectivity index (χ3v) is 3.67. The molecule has 1 fully saturated rings. The van der Waals surface area contributed by atoms with Crippen molar-refractivity contribution in [2.75, 3.05) is 6.54 Å². The monoisotopic (exact) mass is 227 g/mol. The number of hydrogen-bond acceptors (Lipinski definition) is 2. The predicted octanol–water partition coefficient (Wildman–Crippen LogP) is 3.24. The Bertz CT molecular complexity index is 155. The molecule has 1 aliphatic heterocycles. The molecule has 2 atom stereocenters. The highest BCUT2D eigenvalue weighted by Gasteiger charge is 2.20. The highest BCUT2D eigenvalue weighted by atomic mass is 16.3. The first-order chi connectivity index (χ1) is 7.84. The molecule has 1 aliphatic rings. The van der Waals surface area contributed by atoms with Crippen molar-refractivity contribution in [3.8, 4) is 0 Å². The normalized spacial score (nSPS) is 23.2. The lowest BCUT2D eigenvalue weighted by atomic mass is 9.96. The van der Waals surface area contributed by atoms with E-state index in [-0.39, 0.29) is 6.10 Å². The fraction of sp³-hybridized carbons (Fsp3) is 1.00. The summed E-state index contributed by atoms with van der Waals surface area (Å²) in [6.07, 6.45) is 12.5. The standard InChI is InChI=1S/C14H29NO/c1-2-3-4-5-6-7-11-14(16)13-10-8-9-12-15-13/h13-16H,2-12H2,1H3. The second-order valence-corrected chi connectivity index (χ2v) is 5.18. The fourth-order valence-corrected chi connectivity index (χ4v) is 2.54. The van der Waals surface area contributed by atoms with E-state index in [1.807, 2.05) is 0 Å². The Labute approximate surface area is 101 Å². The van der Waals surface area contributed by atoms with Gasteiger partial charge in [0, 0.05) is 6.04 Å². The van der Waals surface area contributed by atoms with Gasteiger partial charge in [-0.25, -0.2) is 0 Å². The van der Waals surface area contributed by atoms with E-state index in [0.29, 0.717) is 6.04 Å². The van der Waals surface area contributed by atoms with Crippen LogP contribution in [0.4, 0.5) is 0 Å². The van der Waals surface area contributed by atoms with Crippen LogP contribution in [0.25, 0.3) is 0 Å². The summed E-state index contributed by atoms with van der Waals surface area (Å²) in [5.41, 5.74) is 0. The molecule has 0 aromatic heterocycles. The smallest absolute Gasteiger partial charge is 0.0693 e. The van der Waals surface area contributed by atoms with Gasteiger partial charge in [0.25, 0.3) is 0 Å². The number of nitrogens with one attached hydrogen (secondary N) is 1. The Kier molecular flexibility index (Phi) is 7.87. The largest absolute Gasteiger partial charge is 0.392 e. The van der Waals surface area contributed by atoms with Crippen LogP contribution in [0.1, 0.15) is 71.1 Å². The van der Waals surface area contributed by atoms with E-state index in [1.54, 1.807) is 0 Å². The van der Waals surface area contributed by atoms with Crippen molar-refractivity contribution in [3.05, 3.63) is 0 Å². The number of rotatable bonds is 8. The minimum Gasteiger partial charge on any atom is -0.392 e. The summed E-state index contributed by atoms with van der Waals surface area (Å²) in [4.78, 5) is 0. The highest BCUT2D eigenvalue weighted by Crippen LogP contribution is 2.15. The third-order valence-electron chi connectivity index (χ3n) is 3.67. The second-order valence-electron chi connectivity index (χ2n) is 5.18. The van der Waals surface area contributed by atoms with Crippen LogP contribution in [0.5, 0.6) is 0 Å². The zero-order valence-corrected chi connectivity index (χ0v) is 10.9. The minimum atomic E-state index is -0.105. The van der Waals surface area contributed by atoms with Crippen LogP contribution in [0.3, 0.4) is 0 Å². The van der Waals surface area contributed by atoms with E-state index < -0.39 is 0 Å². The molecule has 16 heavy (non-hydrogen) atoms. The van der Waals surface area contributed by atoms with Gasteiger partial charge >= 0.3 is 0 Å². The lowest BCUT2D eigenvalue weighted by Crippen LogP contribution is -2.43. The van der Waals surface area contributed by atoms with Crippen LogP contribution in [-0.4, -0.2) is 23.8 Å². The van der Waals surface area contributed by atoms with Crippen molar-refractivity contribution in [1.82, 2.24) is 5.32 Å². The molecule has 1 heterocycles. The Morgan fingerprint density at radius 2 is 1.88 bits per heavy atom. The molecule has 2 unspecified atom stereocenters. The number of hydrogen-bond donors (Lipinski definition) is 2. The number of aliphatic hydroxyl groups excluding tert-OH is 1. The van der Waals surface area contributed by atoms with Crippen molar-refractivity contribution in [3.63, 3.8) is 0 Å². The number of piperidine rings is 1. The van der Waals surface area contributed by atoms with Crippen LogP contribution < -0.4 is 5.32 Å². The molecule has 0 bridgehead atoms. The molecule has 0 saturated carbocycles. The molecule has 0 spiro atoms. The van der Waals surface area contributed by atoms with Crippen molar-refractivity contribution in [2.45, 2.75) is 83.3 Å². The van der Waals surface area contributed by atoms with E-state index in [1.165, 1.54) is 51.4 Å². The molecule has 0 aliphatic carbocycles. The van der Waals surface area contributed by atoms with Gasteiger partial charge in [0.15, 0.2) is 0 Å². The van der Waals surface area contributed by atoms with Gasteiger partial charge in [-0.3, -0.25) is 0 Å². The summed E-state index contributed by atoms with van der Waals surface area (Å²) in [7, 11) is 0. The predicted molar refractivity (Wildman–Crippen MR) is 69.6 cm³/mol. The minimum absolute atomic E-state index is 0.105. The van der Waals surface area contributed by atoms with Crippen molar-refractivity contribution in [1.29, 1.82) is 0 Å². The summed E-state index contributed by atoms with van der Waals surface area (Å²) >= 11 is 0.